The van der Waals surface area contributed by atoms with E-state index >= 15 is 0 Å². The van der Waals surface area contributed by atoms with Gasteiger partial charge in [-0.1, -0.05) is 18.9 Å². The topological polar surface area (TPSA) is 22.1 Å². The number of pyridine rings is 1. The molecule has 0 atom stereocenters. The standard InChI is InChI=1S/C13H18ClNO/c14-10-11-6-5-9-15-13(11)16-12-7-3-1-2-4-8-12/h5-6,9,12H,1-4,7-8,10H2. The van der Waals surface area contributed by atoms with Crippen molar-refractivity contribution in [3.05, 3.63) is 23.9 Å². The number of hydrogen-bond acceptors (Lipinski definition) is 2. The maximum absolute atomic E-state index is 5.96. The van der Waals surface area contributed by atoms with Crippen molar-refractivity contribution >= 4 is 11.6 Å². The van der Waals surface area contributed by atoms with Crippen molar-refractivity contribution in [1.82, 2.24) is 4.98 Å². The van der Waals surface area contributed by atoms with E-state index in [1.165, 1.54) is 25.7 Å². The Morgan fingerprint density at radius 2 is 2.00 bits per heavy atom. The maximum Gasteiger partial charge on any atom is 0.218 e. The van der Waals surface area contributed by atoms with E-state index in [9.17, 15) is 0 Å². The molecule has 1 aromatic heterocycles. The molecule has 0 spiro atoms. The molecule has 0 aromatic carbocycles. The second kappa shape index (κ2) is 6.09. The Kier molecular flexibility index (Phi) is 4.46. The summed E-state index contributed by atoms with van der Waals surface area (Å²) in [6.45, 7) is 0. The van der Waals surface area contributed by atoms with E-state index in [4.69, 9.17) is 16.3 Å². The van der Waals surface area contributed by atoms with Gasteiger partial charge >= 0.3 is 0 Å². The number of rotatable bonds is 3. The Labute approximate surface area is 102 Å². The monoisotopic (exact) mass is 239 g/mol. The molecule has 2 nitrogen and oxygen atoms in total. The van der Waals surface area contributed by atoms with Crippen LogP contribution in [0.3, 0.4) is 0 Å². The van der Waals surface area contributed by atoms with Gasteiger partial charge in [0.2, 0.25) is 5.88 Å². The number of alkyl halides is 1. The molecule has 1 aromatic rings. The molecule has 0 N–H and O–H groups in total. The predicted octanol–water partition coefficient (Wildman–Crippen LogP) is 3.92. The van der Waals surface area contributed by atoms with Crippen molar-refractivity contribution in [3.63, 3.8) is 0 Å². The first-order valence-corrected chi connectivity index (χ1v) is 6.60. The molecule has 2 rings (SSSR count). The van der Waals surface area contributed by atoms with Gasteiger partial charge in [0.15, 0.2) is 0 Å². The lowest BCUT2D eigenvalue weighted by Gasteiger charge is -2.17. The Bertz CT molecular complexity index is 321. The van der Waals surface area contributed by atoms with E-state index in [0.717, 1.165) is 24.3 Å². The molecule has 0 bridgehead atoms. The molecule has 0 aliphatic heterocycles. The molecule has 0 amide bonds. The van der Waals surface area contributed by atoms with E-state index in [1.54, 1.807) is 6.20 Å². The second-order valence-corrected chi connectivity index (χ2v) is 4.60. The number of halogens is 1. The van der Waals surface area contributed by atoms with Crippen molar-refractivity contribution in [3.8, 4) is 5.88 Å². The van der Waals surface area contributed by atoms with Gasteiger partial charge in [-0.3, -0.25) is 0 Å². The summed E-state index contributed by atoms with van der Waals surface area (Å²) >= 11 is 5.86. The summed E-state index contributed by atoms with van der Waals surface area (Å²) in [6, 6.07) is 3.88. The Hall–Kier alpha value is -0.760. The van der Waals surface area contributed by atoms with Crippen LogP contribution in [0.1, 0.15) is 44.1 Å². The van der Waals surface area contributed by atoms with Crippen molar-refractivity contribution < 1.29 is 4.74 Å². The molecule has 0 unspecified atom stereocenters. The molecule has 88 valence electrons. The number of ether oxygens (including phenoxy) is 1. The number of aromatic nitrogens is 1. The summed E-state index contributed by atoms with van der Waals surface area (Å²) in [4.78, 5) is 4.27. The van der Waals surface area contributed by atoms with Crippen LogP contribution >= 0.6 is 11.6 Å². The van der Waals surface area contributed by atoms with Crippen LogP contribution in [0.15, 0.2) is 18.3 Å². The van der Waals surface area contributed by atoms with Crippen molar-refractivity contribution in [2.24, 2.45) is 0 Å². The van der Waals surface area contributed by atoms with Gasteiger partial charge in [-0.15, -0.1) is 11.6 Å². The van der Waals surface area contributed by atoms with Crippen LogP contribution in [0.5, 0.6) is 5.88 Å². The normalized spacial score (nSPS) is 18.1. The summed E-state index contributed by atoms with van der Waals surface area (Å²) in [7, 11) is 0. The van der Waals surface area contributed by atoms with Gasteiger partial charge in [-0.05, 0) is 31.7 Å². The third-order valence-corrected chi connectivity index (χ3v) is 3.36. The zero-order valence-electron chi connectivity index (χ0n) is 9.49. The number of hydrogen-bond donors (Lipinski definition) is 0. The quantitative estimate of drug-likeness (QED) is 0.589. The first kappa shape index (κ1) is 11.7. The summed E-state index contributed by atoms with van der Waals surface area (Å²) in [6.07, 6.45) is 9.62. The van der Waals surface area contributed by atoms with Gasteiger partial charge in [0.05, 0.1) is 5.88 Å². The lowest BCUT2D eigenvalue weighted by Crippen LogP contribution is -2.16. The van der Waals surface area contributed by atoms with E-state index in [2.05, 4.69) is 4.98 Å². The van der Waals surface area contributed by atoms with Gasteiger partial charge in [0.1, 0.15) is 6.10 Å². The van der Waals surface area contributed by atoms with Gasteiger partial charge in [-0.2, -0.15) is 0 Å². The van der Waals surface area contributed by atoms with Gasteiger partial charge in [0, 0.05) is 11.8 Å². The molecule has 0 saturated heterocycles. The first-order valence-electron chi connectivity index (χ1n) is 6.06. The van der Waals surface area contributed by atoms with Gasteiger partial charge in [0.25, 0.3) is 0 Å². The van der Waals surface area contributed by atoms with Crippen molar-refractivity contribution in [2.75, 3.05) is 0 Å². The fourth-order valence-corrected chi connectivity index (χ4v) is 2.35. The molecular weight excluding hydrogens is 222 g/mol. The predicted molar refractivity (Wildman–Crippen MR) is 65.9 cm³/mol. The van der Waals surface area contributed by atoms with Crippen LogP contribution in [-0.4, -0.2) is 11.1 Å². The Balaban J connectivity index is 2.01. The molecule has 1 saturated carbocycles. The summed E-state index contributed by atoms with van der Waals surface area (Å²) < 4.78 is 5.96. The SMILES string of the molecule is ClCc1cccnc1OC1CCCCCC1. The fraction of sp³-hybridized carbons (Fsp3) is 0.615. The summed E-state index contributed by atoms with van der Waals surface area (Å²) in [5.74, 6) is 1.19. The average Bonchev–Trinajstić information content (AvgIpc) is 2.58. The van der Waals surface area contributed by atoms with E-state index < -0.39 is 0 Å². The summed E-state index contributed by atoms with van der Waals surface area (Å²) in [5.41, 5.74) is 0.994. The largest absolute Gasteiger partial charge is 0.474 e. The first-order chi connectivity index (χ1) is 7.90. The van der Waals surface area contributed by atoms with Crippen molar-refractivity contribution in [1.29, 1.82) is 0 Å². The highest BCUT2D eigenvalue weighted by molar-refractivity contribution is 6.17. The van der Waals surface area contributed by atoms with E-state index in [1.807, 2.05) is 12.1 Å². The highest BCUT2D eigenvalue weighted by Gasteiger charge is 2.15. The van der Waals surface area contributed by atoms with E-state index in [0.29, 0.717) is 12.0 Å². The molecule has 1 aliphatic rings. The van der Waals surface area contributed by atoms with E-state index in [-0.39, 0.29) is 0 Å². The highest BCUT2D eigenvalue weighted by atomic mass is 35.5. The molecule has 3 heteroatoms. The van der Waals surface area contributed by atoms with Crippen molar-refractivity contribution in [2.45, 2.75) is 50.5 Å². The minimum absolute atomic E-state index is 0.333. The van der Waals surface area contributed by atoms with Crippen LogP contribution in [0.2, 0.25) is 0 Å². The minimum atomic E-state index is 0.333. The fourth-order valence-electron chi connectivity index (χ4n) is 2.15. The highest BCUT2D eigenvalue weighted by Crippen LogP contribution is 2.24. The average molecular weight is 240 g/mol. The molecule has 1 aliphatic carbocycles. The van der Waals surface area contributed by atoms with Crippen LogP contribution in [0.4, 0.5) is 0 Å². The lowest BCUT2D eigenvalue weighted by atomic mass is 10.1. The third kappa shape index (κ3) is 3.11. The lowest BCUT2D eigenvalue weighted by molar-refractivity contribution is 0.175. The van der Waals surface area contributed by atoms with Crippen LogP contribution in [0.25, 0.3) is 0 Å². The smallest absolute Gasteiger partial charge is 0.218 e. The molecule has 16 heavy (non-hydrogen) atoms. The third-order valence-electron chi connectivity index (χ3n) is 3.07. The zero-order chi connectivity index (χ0) is 11.2. The molecular formula is C13H18ClNO. The molecule has 1 heterocycles. The zero-order valence-corrected chi connectivity index (χ0v) is 10.2. The molecule has 1 fully saturated rings. The summed E-state index contributed by atoms with van der Waals surface area (Å²) in [5, 5.41) is 0. The van der Waals surface area contributed by atoms with Gasteiger partial charge in [-0.25, -0.2) is 4.98 Å². The Morgan fingerprint density at radius 3 is 2.69 bits per heavy atom. The van der Waals surface area contributed by atoms with Crippen LogP contribution in [0, 0.1) is 0 Å². The Morgan fingerprint density at radius 1 is 1.25 bits per heavy atom. The van der Waals surface area contributed by atoms with Crippen LogP contribution < -0.4 is 4.74 Å². The minimum Gasteiger partial charge on any atom is -0.474 e. The second-order valence-electron chi connectivity index (χ2n) is 4.33. The van der Waals surface area contributed by atoms with Gasteiger partial charge < -0.3 is 4.74 Å². The molecule has 0 radical (unpaired) electrons. The maximum atomic E-state index is 5.96. The number of nitrogens with zero attached hydrogens (tertiary/aromatic N) is 1. The van der Waals surface area contributed by atoms with Crippen LogP contribution in [-0.2, 0) is 5.88 Å².